The lowest BCUT2D eigenvalue weighted by atomic mass is 10.2. The molecule has 1 N–H and O–H groups in total. The van der Waals surface area contributed by atoms with Gasteiger partial charge in [-0.3, -0.25) is 19.3 Å². The molecule has 1 saturated heterocycles. The molecule has 2 atom stereocenters. The molecule has 0 saturated carbocycles. The van der Waals surface area contributed by atoms with Gasteiger partial charge < -0.3 is 9.84 Å². The van der Waals surface area contributed by atoms with Crippen LogP contribution in [0.2, 0.25) is 0 Å². The summed E-state index contributed by atoms with van der Waals surface area (Å²) in [6.07, 6.45) is 1.56. The Kier molecular flexibility index (Phi) is 4.44. The standard InChI is InChI=1S/C10H13NO5S/c1-3-4-16-10(15,6-12)11-8(14)5-9(11)17-7(2)13/h3,6,9,15H,1,4-5H2,2H3. The maximum atomic E-state index is 11.4. The van der Waals surface area contributed by atoms with Gasteiger partial charge in [0.1, 0.15) is 0 Å². The zero-order valence-corrected chi connectivity index (χ0v) is 10.1. The smallest absolute Gasteiger partial charge is 0.312 e. The lowest BCUT2D eigenvalue weighted by molar-refractivity contribution is -0.268. The summed E-state index contributed by atoms with van der Waals surface area (Å²) in [5, 5.41) is 9.09. The van der Waals surface area contributed by atoms with E-state index in [1.54, 1.807) is 0 Å². The van der Waals surface area contributed by atoms with Gasteiger partial charge in [-0.05, 0) is 0 Å². The van der Waals surface area contributed by atoms with Crippen LogP contribution in [0.25, 0.3) is 0 Å². The highest BCUT2D eigenvalue weighted by Gasteiger charge is 2.51. The fourth-order valence-corrected chi connectivity index (χ4v) is 2.38. The fraction of sp³-hybridized carbons (Fsp3) is 0.500. The van der Waals surface area contributed by atoms with E-state index in [-0.39, 0.29) is 24.4 Å². The summed E-state index contributed by atoms with van der Waals surface area (Å²) in [6.45, 7) is 4.63. The zero-order chi connectivity index (χ0) is 13.1. The number of aliphatic hydroxyl groups is 1. The van der Waals surface area contributed by atoms with E-state index in [1.165, 1.54) is 13.0 Å². The first-order valence-corrected chi connectivity index (χ1v) is 5.75. The van der Waals surface area contributed by atoms with Gasteiger partial charge in [0.25, 0.3) is 0 Å². The van der Waals surface area contributed by atoms with Crippen LogP contribution in [0.1, 0.15) is 13.3 Å². The van der Waals surface area contributed by atoms with Gasteiger partial charge in [-0.2, -0.15) is 0 Å². The highest BCUT2D eigenvalue weighted by Crippen LogP contribution is 2.35. The summed E-state index contributed by atoms with van der Waals surface area (Å²) >= 11 is 0.870. The molecule has 2 unspecified atom stereocenters. The number of nitrogens with zero attached hydrogens (tertiary/aromatic N) is 1. The summed E-state index contributed by atoms with van der Waals surface area (Å²) < 4.78 is 4.86. The second kappa shape index (κ2) is 5.44. The van der Waals surface area contributed by atoms with E-state index < -0.39 is 17.2 Å². The normalized spacial score (nSPS) is 22.6. The van der Waals surface area contributed by atoms with Gasteiger partial charge in [-0.25, -0.2) is 0 Å². The molecular formula is C10H13NO5S. The molecule has 1 rings (SSSR count). The van der Waals surface area contributed by atoms with Crippen LogP contribution < -0.4 is 0 Å². The average Bonchev–Trinajstić information content (AvgIpc) is 2.24. The number of hydrogen-bond donors (Lipinski definition) is 1. The first-order chi connectivity index (χ1) is 7.94. The van der Waals surface area contributed by atoms with E-state index in [9.17, 15) is 19.5 Å². The molecular weight excluding hydrogens is 246 g/mol. The monoisotopic (exact) mass is 259 g/mol. The minimum absolute atomic E-state index is 0.0868. The minimum atomic E-state index is -2.32. The molecule has 1 aliphatic rings. The SMILES string of the molecule is C=CCOC(O)(C=O)N1C(=O)CC1SC(C)=O. The molecule has 1 heterocycles. The first kappa shape index (κ1) is 13.9. The highest BCUT2D eigenvalue weighted by molar-refractivity contribution is 8.14. The second-order valence-corrected chi connectivity index (χ2v) is 4.76. The van der Waals surface area contributed by atoms with Gasteiger partial charge in [-0.1, -0.05) is 17.8 Å². The number of hydrogen-bond acceptors (Lipinski definition) is 6. The summed E-state index contributed by atoms with van der Waals surface area (Å²) in [5.74, 6) is -2.76. The summed E-state index contributed by atoms with van der Waals surface area (Å²) in [7, 11) is 0. The lowest BCUT2D eigenvalue weighted by Gasteiger charge is -2.45. The molecule has 0 aromatic heterocycles. The minimum Gasteiger partial charge on any atom is -0.343 e. The van der Waals surface area contributed by atoms with Crippen molar-refractivity contribution >= 4 is 29.1 Å². The van der Waals surface area contributed by atoms with Crippen molar-refractivity contribution in [3.63, 3.8) is 0 Å². The van der Waals surface area contributed by atoms with E-state index in [0.717, 1.165) is 16.7 Å². The van der Waals surface area contributed by atoms with Crippen LogP contribution in [0.4, 0.5) is 0 Å². The maximum absolute atomic E-state index is 11.4. The van der Waals surface area contributed by atoms with E-state index in [2.05, 4.69) is 6.58 Å². The predicted octanol–water partition coefficient (Wildman–Crippen LogP) is -0.128. The van der Waals surface area contributed by atoms with Gasteiger partial charge in [0.2, 0.25) is 12.2 Å². The second-order valence-electron chi connectivity index (χ2n) is 3.41. The van der Waals surface area contributed by atoms with E-state index in [0.29, 0.717) is 0 Å². The van der Waals surface area contributed by atoms with Crippen LogP contribution in [0.15, 0.2) is 12.7 Å². The number of ether oxygens (including phenoxy) is 1. The number of carbonyl (C=O) groups is 3. The molecule has 0 aromatic rings. The number of rotatable bonds is 6. The van der Waals surface area contributed by atoms with Crippen LogP contribution in [0.3, 0.4) is 0 Å². The Labute approximate surface area is 103 Å². The van der Waals surface area contributed by atoms with Gasteiger partial charge in [-0.15, -0.1) is 6.58 Å². The third kappa shape index (κ3) is 2.93. The van der Waals surface area contributed by atoms with Gasteiger partial charge in [0.15, 0.2) is 5.12 Å². The average molecular weight is 259 g/mol. The molecule has 6 nitrogen and oxygen atoms in total. The van der Waals surface area contributed by atoms with Crippen molar-refractivity contribution in [1.29, 1.82) is 0 Å². The molecule has 1 aliphatic heterocycles. The van der Waals surface area contributed by atoms with E-state index in [1.807, 2.05) is 0 Å². The molecule has 1 fully saturated rings. The number of β-lactam (4-membered cyclic amide) rings is 1. The molecule has 0 aromatic carbocycles. The van der Waals surface area contributed by atoms with Gasteiger partial charge >= 0.3 is 5.91 Å². The molecule has 17 heavy (non-hydrogen) atoms. The van der Waals surface area contributed by atoms with Crippen molar-refractivity contribution in [3.05, 3.63) is 12.7 Å². The Morgan fingerprint density at radius 1 is 1.82 bits per heavy atom. The number of thioether (sulfide) groups is 1. The number of carbonyl (C=O) groups excluding carboxylic acids is 3. The van der Waals surface area contributed by atoms with Crippen molar-refractivity contribution < 1.29 is 24.2 Å². The van der Waals surface area contributed by atoms with Crippen LogP contribution in [0, 0.1) is 0 Å². The molecule has 0 aliphatic carbocycles. The van der Waals surface area contributed by atoms with Crippen LogP contribution in [-0.2, 0) is 19.1 Å². The molecule has 7 heteroatoms. The summed E-state index contributed by atoms with van der Waals surface area (Å²) in [5.41, 5.74) is 0. The maximum Gasteiger partial charge on any atom is 0.312 e. The van der Waals surface area contributed by atoms with Crippen molar-refractivity contribution in [3.8, 4) is 0 Å². The molecule has 0 bridgehead atoms. The largest absolute Gasteiger partial charge is 0.343 e. The van der Waals surface area contributed by atoms with Crippen LogP contribution in [0.5, 0.6) is 0 Å². The molecule has 0 radical (unpaired) electrons. The Bertz CT molecular complexity index is 359. The number of aldehydes is 1. The van der Waals surface area contributed by atoms with E-state index in [4.69, 9.17) is 4.74 Å². The van der Waals surface area contributed by atoms with Gasteiger partial charge in [0, 0.05) is 6.92 Å². The number of likely N-dealkylation sites (tertiary alicyclic amines) is 1. The Balaban J connectivity index is 2.78. The Morgan fingerprint density at radius 3 is 2.88 bits per heavy atom. The third-order valence-corrected chi connectivity index (χ3v) is 3.10. The predicted molar refractivity (Wildman–Crippen MR) is 60.7 cm³/mol. The summed E-state index contributed by atoms with van der Waals surface area (Å²) in [6, 6.07) is 0. The van der Waals surface area contributed by atoms with Crippen molar-refractivity contribution in [2.45, 2.75) is 24.6 Å². The highest BCUT2D eigenvalue weighted by atomic mass is 32.2. The molecule has 1 amide bonds. The molecule has 94 valence electrons. The Morgan fingerprint density at radius 2 is 2.47 bits per heavy atom. The Hall–Kier alpha value is -1.18. The van der Waals surface area contributed by atoms with Crippen molar-refractivity contribution in [1.82, 2.24) is 4.90 Å². The van der Waals surface area contributed by atoms with Crippen molar-refractivity contribution in [2.24, 2.45) is 0 Å². The topological polar surface area (TPSA) is 83.9 Å². The van der Waals surface area contributed by atoms with Crippen molar-refractivity contribution in [2.75, 3.05) is 6.61 Å². The van der Waals surface area contributed by atoms with Crippen LogP contribution >= 0.6 is 11.8 Å². The first-order valence-electron chi connectivity index (χ1n) is 4.87. The molecule has 0 spiro atoms. The quantitative estimate of drug-likeness (QED) is 0.310. The lowest BCUT2D eigenvalue weighted by Crippen LogP contribution is -2.65. The third-order valence-electron chi connectivity index (χ3n) is 2.12. The van der Waals surface area contributed by atoms with E-state index >= 15 is 0 Å². The zero-order valence-electron chi connectivity index (χ0n) is 9.29. The number of amides is 1. The fourth-order valence-electron chi connectivity index (χ4n) is 1.40. The summed E-state index contributed by atoms with van der Waals surface area (Å²) in [4.78, 5) is 34.0. The van der Waals surface area contributed by atoms with Crippen LogP contribution in [-0.4, -0.2) is 45.2 Å². The van der Waals surface area contributed by atoms with Gasteiger partial charge in [0.05, 0.1) is 18.4 Å².